The molecule has 0 saturated heterocycles. The van der Waals surface area contributed by atoms with Crippen LogP contribution >= 0.6 is 0 Å². The summed E-state index contributed by atoms with van der Waals surface area (Å²) in [5.41, 5.74) is 12.0. The number of hydrogen-bond donors (Lipinski definition) is 0. The molecule has 2 heteroatoms. The van der Waals surface area contributed by atoms with Crippen molar-refractivity contribution in [3.63, 3.8) is 0 Å². The van der Waals surface area contributed by atoms with Crippen LogP contribution in [0.1, 0.15) is 0 Å². The summed E-state index contributed by atoms with van der Waals surface area (Å²) in [6.45, 7) is 0. The molecule has 0 aliphatic rings. The van der Waals surface area contributed by atoms with Crippen molar-refractivity contribution >= 4 is 49.8 Å². The summed E-state index contributed by atoms with van der Waals surface area (Å²) in [6.07, 6.45) is 0. The van der Waals surface area contributed by atoms with Gasteiger partial charge in [-0.2, -0.15) is 0 Å². The van der Waals surface area contributed by atoms with Crippen LogP contribution in [0.15, 0.2) is 192 Å². The van der Waals surface area contributed by atoms with Crippen molar-refractivity contribution in [2.24, 2.45) is 0 Å². The molecule has 1 aromatic heterocycles. The predicted octanol–water partition coefficient (Wildman–Crippen LogP) is 13.2. The number of nitrogens with zero attached hydrogens (tertiary/aromatic N) is 1. The Labute approximate surface area is 279 Å². The minimum atomic E-state index is 0.898. The first-order valence-electron chi connectivity index (χ1n) is 16.3. The van der Waals surface area contributed by atoms with Gasteiger partial charge in [0.2, 0.25) is 0 Å². The van der Waals surface area contributed by atoms with Crippen molar-refractivity contribution in [2.45, 2.75) is 0 Å². The van der Waals surface area contributed by atoms with Crippen LogP contribution in [0, 0.1) is 0 Å². The maximum atomic E-state index is 6.53. The SMILES string of the molecule is c1ccc(-c2ccc(N(c3ccc(-c4ccc5ccccc5c4)cc3)c3ccccc3-c3cccc4c3oc3ccccc34)cc2)cc1. The lowest BCUT2D eigenvalue weighted by Crippen LogP contribution is -2.11. The molecule has 0 spiro atoms. The summed E-state index contributed by atoms with van der Waals surface area (Å²) in [5.74, 6) is 0. The number of hydrogen-bond acceptors (Lipinski definition) is 2. The zero-order chi connectivity index (χ0) is 31.9. The molecular weight excluding hydrogens is 583 g/mol. The second-order valence-corrected chi connectivity index (χ2v) is 12.2. The molecule has 9 rings (SSSR count). The quantitative estimate of drug-likeness (QED) is 0.185. The lowest BCUT2D eigenvalue weighted by Gasteiger charge is -2.28. The first kappa shape index (κ1) is 27.9. The number of para-hydroxylation sites is 3. The molecule has 0 N–H and O–H groups in total. The Morgan fingerprint density at radius 3 is 1.71 bits per heavy atom. The molecule has 0 fully saturated rings. The summed E-state index contributed by atoms with van der Waals surface area (Å²) in [7, 11) is 0. The summed E-state index contributed by atoms with van der Waals surface area (Å²) in [6, 6.07) is 66.9. The molecule has 226 valence electrons. The first-order valence-corrected chi connectivity index (χ1v) is 16.3. The van der Waals surface area contributed by atoms with Crippen molar-refractivity contribution in [2.75, 3.05) is 4.90 Å². The summed E-state index contributed by atoms with van der Waals surface area (Å²) in [5, 5.41) is 4.74. The Kier molecular flexibility index (Phi) is 6.84. The van der Waals surface area contributed by atoms with Crippen LogP contribution in [0.4, 0.5) is 17.1 Å². The zero-order valence-corrected chi connectivity index (χ0v) is 26.3. The second kappa shape index (κ2) is 11.8. The molecule has 0 aliphatic heterocycles. The average Bonchev–Trinajstić information content (AvgIpc) is 3.55. The van der Waals surface area contributed by atoms with Gasteiger partial charge in [-0.15, -0.1) is 0 Å². The second-order valence-electron chi connectivity index (χ2n) is 12.2. The van der Waals surface area contributed by atoms with E-state index in [1.165, 1.54) is 33.0 Å². The zero-order valence-electron chi connectivity index (χ0n) is 26.3. The van der Waals surface area contributed by atoms with E-state index in [-0.39, 0.29) is 0 Å². The Hall–Kier alpha value is -6.38. The van der Waals surface area contributed by atoms with Gasteiger partial charge in [-0.25, -0.2) is 0 Å². The predicted molar refractivity (Wildman–Crippen MR) is 202 cm³/mol. The van der Waals surface area contributed by atoms with E-state index in [9.17, 15) is 0 Å². The van der Waals surface area contributed by atoms with Gasteiger partial charge in [-0.3, -0.25) is 0 Å². The van der Waals surface area contributed by atoms with E-state index in [1.807, 2.05) is 12.1 Å². The van der Waals surface area contributed by atoms with Gasteiger partial charge in [0.25, 0.3) is 0 Å². The van der Waals surface area contributed by atoms with Gasteiger partial charge < -0.3 is 9.32 Å². The maximum Gasteiger partial charge on any atom is 0.143 e. The third-order valence-corrected chi connectivity index (χ3v) is 9.28. The molecule has 2 nitrogen and oxygen atoms in total. The minimum absolute atomic E-state index is 0.898. The van der Waals surface area contributed by atoms with Gasteiger partial charge in [0.05, 0.1) is 5.69 Å². The molecule has 9 aromatic rings. The smallest absolute Gasteiger partial charge is 0.143 e. The van der Waals surface area contributed by atoms with Crippen molar-refractivity contribution < 1.29 is 4.42 Å². The molecular formula is C46H31NO. The van der Waals surface area contributed by atoms with Gasteiger partial charge in [-0.05, 0) is 75.5 Å². The fourth-order valence-corrected chi connectivity index (χ4v) is 6.89. The van der Waals surface area contributed by atoms with Gasteiger partial charge in [0.1, 0.15) is 11.2 Å². The van der Waals surface area contributed by atoms with E-state index >= 15 is 0 Å². The normalized spacial score (nSPS) is 11.3. The third kappa shape index (κ3) is 4.92. The van der Waals surface area contributed by atoms with Crippen molar-refractivity contribution in [1.29, 1.82) is 0 Å². The minimum Gasteiger partial charge on any atom is -0.455 e. The van der Waals surface area contributed by atoms with E-state index in [1.54, 1.807) is 0 Å². The molecule has 48 heavy (non-hydrogen) atoms. The van der Waals surface area contributed by atoms with E-state index in [0.717, 1.165) is 50.1 Å². The van der Waals surface area contributed by atoms with Gasteiger partial charge in [0, 0.05) is 33.3 Å². The standard InChI is InChI=1S/C46H31NO/c1-2-11-32(12-3-1)34-23-27-38(28-24-34)47(39-29-25-35(26-30-39)37-22-21-33-13-4-5-14-36(33)31-37)44-19-8-6-15-40(44)42-17-10-18-43-41-16-7-9-20-45(41)48-46(42)43/h1-31H. The van der Waals surface area contributed by atoms with Crippen molar-refractivity contribution in [3.05, 3.63) is 188 Å². The molecule has 0 radical (unpaired) electrons. The van der Waals surface area contributed by atoms with Gasteiger partial charge in [-0.1, -0.05) is 146 Å². The maximum absolute atomic E-state index is 6.53. The highest BCUT2D eigenvalue weighted by Crippen LogP contribution is 2.44. The van der Waals surface area contributed by atoms with Crippen molar-refractivity contribution in [1.82, 2.24) is 0 Å². The van der Waals surface area contributed by atoms with Crippen LogP contribution in [0.2, 0.25) is 0 Å². The van der Waals surface area contributed by atoms with Crippen LogP contribution in [-0.2, 0) is 0 Å². The number of fused-ring (bicyclic) bond motifs is 4. The number of rotatable bonds is 6. The van der Waals surface area contributed by atoms with Crippen LogP contribution < -0.4 is 4.90 Å². The number of furan rings is 1. The van der Waals surface area contributed by atoms with Crippen LogP contribution in [0.5, 0.6) is 0 Å². The highest BCUT2D eigenvalue weighted by molar-refractivity contribution is 6.10. The molecule has 0 aliphatic carbocycles. The van der Waals surface area contributed by atoms with E-state index in [0.29, 0.717) is 0 Å². The van der Waals surface area contributed by atoms with E-state index in [2.05, 4.69) is 181 Å². The molecule has 0 saturated carbocycles. The molecule has 0 bridgehead atoms. The lowest BCUT2D eigenvalue weighted by atomic mass is 9.98. The lowest BCUT2D eigenvalue weighted by molar-refractivity contribution is 0.670. The Balaban J connectivity index is 1.20. The van der Waals surface area contributed by atoms with E-state index in [4.69, 9.17) is 4.42 Å². The Morgan fingerprint density at radius 2 is 0.917 bits per heavy atom. The van der Waals surface area contributed by atoms with Crippen LogP contribution in [-0.4, -0.2) is 0 Å². The Morgan fingerprint density at radius 1 is 0.354 bits per heavy atom. The number of anilines is 3. The van der Waals surface area contributed by atoms with Crippen molar-refractivity contribution in [3.8, 4) is 33.4 Å². The molecule has 0 atom stereocenters. The highest BCUT2D eigenvalue weighted by Gasteiger charge is 2.20. The fraction of sp³-hybridized carbons (Fsp3) is 0. The average molecular weight is 614 g/mol. The van der Waals surface area contributed by atoms with Gasteiger partial charge >= 0.3 is 0 Å². The molecule has 1 heterocycles. The topological polar surface area (TPSA) is 16.4 Å². The first-order chi connectivity index (χ1) is 23.8. The third-order valence-electron chi connectivity index (χ3n) is 9.28. The van der Waals surface area contributed by atoms with Crippen LogP contribution in [0.25, 0.3) is 66.1 Å². The summed E-state index contributed by atoms with van der Waals surface area (Å²) in [4.78, 5) is 2.36. The fourth-order valence-electron chi connectivity index (χ4n) is 6.89. The number of benzene rings is 8. The van der Waals surface area contributed by atoms with Crippen LogP contribution in [0.3, 0.4) is 0 Å². The Bertz CT molecular complexity index is 2540. The highest BCUT2D eigenvalue weighted by atomic mass is 16.3. The summed E-state index contributed by atoms with van der Waals surface area (Å²) >= 11 is 0. The molecule has 0 amide bonds. The largest absolute Gasteiger partial charge is 0.455 e. The summed E-state index contributed by atoms with van der Waals surface area (Å²) < 4.78 is 6.53. The van der Waals surface area contributed by atoms with E-state index < -0.39 is 0 Å². The molecule has 8 aromatic carbocycles. The monoisotopic (exact) mass is 613 g/mol. The van der Waals surface area contributed by atoms with Gasteiger partial charge in [0.15, 0.2) is 0 Å². The molecule has 0 unspecified atom stereocenters.